The first kappa shape index (κ1) is 7.98. The molecule has 0 unspecified atom stereocenters. The van der Waals surface area contributed by atoms with Gasteiger partial charge in [0.25, 0.3) is 0 Å². The van der Waals surface area contributed by atoms with Crippen LogP contribution in [0.2, 0.25) is 0 Å². The quantitative estimate of drug-likeness (QED) is 0.768. The molecule has 0 aliphatic heterocycles. The lowest BCUT2D eigenvalue weighted by atomic mass is 10.2. The summed E-state index contributed by atoms with van der Waals surface area (Å²) < 4.78 is 10.4. The highest BCUT2D eigenvalue weighted by molar-refractivity contribution is 5.86. The van der Waals surface area contributed by atoms with E-state index in [1.54, 1.807) is 12.1 Å². The molecule has 3 nitrogen and oxygen atoms in total. The van der Waals surface area contributed by atoms with Crippen LogP contribution in [0.1, 0.15) is 6.92 Å². The summed E-state index contributed by atoms with van der Waals surface area (Å²) in [5.74, 6) is 0.279. The van der Waals surface area contributed by atoms with Crippen LogP contribution in [-0.4, -0.2) is 11.7 Å². The van der Waals surface area contributed by atoms with Gasteiger partial charge >= 0.3 is 5.95 Å². The number of para-hydroxylation sites is 1. The highest BCUT2D eigenvalue weighted by Gasteiger charge is 2.12. The van der Waals surface area contributed by atoms with Gasteiger partial charge in [-0.2, -0.15) is 0 Å². The van der Waals surface area contributed by atoms with Gasteiger partial charge in [-0.3, -0.25) is 0 Å². The number of fused-ring (bicyclic) bond motifs is 1. The van der Waals surface area contributed by atoms with Gasteiger partial charge in [0.1, 0.15) is 5.58 Å². The fourth-order valence-electron chi connectivity index (χ4n) is 1.24. The lowest BCUT2D eigenvalue weighted by Gasteiger charge is -1.95. The van der Waals surface area contributed by atoms with Gasteiger partial charge in [0.05, 0.1) is 12.0 Å². The van der Waals surface area contributed by atoms with Crippen molar-refractivity contribution < 1.29 is 14.3 Å². The lowest BCUT2D eigenvalue weighted by molar-refractivity contribution is 0.249. The van der Waals surface area contributed by atoms with Crippen LogP contribution in [0.25, 0.3) is 11.0 Å². The summed E-state index contributed by atoms with van der Waals surface area (Å²) in [6.07, 6.45) is 0. The maximum absolute atomic E-state index is 9.60. The standard InChI is InChI=1S/C10H10O3/c1-2-12-10-9(11)7-5-3-4-6-8(7)13-10/h3-6,11H,2H2,1H3. The molecule has 1 N–H and O–H groups in total. The van der Waals surface area contributed by atoms with Crippen molar-refractivity contribution in [3.8, 4) is 11.7 Å². The number of furan rings is 1. The molecule has 0 amide bonds. The number of benzene rings is 1. The van der Waals surface area contributed by atoms with Gasteiger partial charge in [-0.15, -0.1) is 0 Å². The van der Waals surface area contributed by atoms with Crippen LogP contribution in [0, 0.1) is 0 Å². The predicted octanol–water partition coefficient (Wildman–Crippen LogP) is 2.54. The van der Waals surface area contributed by atoms with E-state index in [1.807, 2.05) is 19.1 Å². The Labute approximate surface area is 75.5 Å². The van der Waals surface area contributed by atoms with E-state index in [4.69, 9.17) is 9.15 Å². The van der Waals surface area contributed by atoms with Crippen molar-refractivity contribution >= 4 is 11.0 Å². The maximum atomic E-state index is 9.60. The van der Waals surface area contributed by atoms with Crippen LogP contribution < -0.4 is 4.74 Å². The summed E-state index contributed by atoms with van der Waals surface area (Å²) >= 11 is 0. The van der Waals surface area contributed by atoms with E-state index in [2.05, 4.69) is 0 Å². The second kappa shape index (κ2) is 3.01. The Morgan fingerprint density at radius 2 is 2.15 bits per heavy atom. The molecule has 0 fully saturated rings. The molecule has 1 heterocycles. The van der Waals surface area contributed by atoms with Gasteiger partial charge in [-0.1, -0.05) is 12.1 Å². The molecule has 0 spiro atoms. The normalized spacial score (nSPS) is 10.5. The summed E-state index contributed by atoms with van der Waals surface area (Å²) in [5, 5.41) is 10.3. The zero-order valence-corrected chi connectivity index (χ0v) is 7.28. The van der Waals surface area contributed by atoms with Gasteiger partial charge in [0.2, 0.25) is 5.75 Å². The SMILES string of the molecule is CCOc1oc2ccccc2c1O. The van der Waals surface area contributed by atoms with Crippen molar-refractivity contribution in [3.63, 3.8) is 0 Å². The Kier molecular flexibility index (Phi) is 1.85. The molecule has 0 aliphatic carbocycles. The Morgan fingerprint density at radius 3 is 2.85 bits per heavy atom. The van der Waals surface area contributed by atoms with Crippen LogP contribution in [0.4, 0.5) is 0 Å². The molecule has 13 heavy (non-hydrogen) atoms. The van der Waals surface area contributed by atoms with Gasteiger partial charge in [0.15, 0.2) is 0 Å². The number of hydrogen-bond acceptors (Lipinski definition) is 3. The summed E-state index contributed by atoms with van der Waals surface area (Å²) in [6.45, 7) is 2.32. The Morgan fingerprint density at radius 1 is 1.38 bits per heavy atom. The molecular formula is C10H10O3. The van der Waals surface area contributed by atoms with Gasteiger partial charge in [0, 0.05) is 0 Å². The molecular weight excluding hydrogens is 168 g/mol. The van der Waals surface area contributed by atoms with Crippen LogP contribution in [0.3, 0.4) is 0 Å². The minimum Gasteiger partial charge on any atom is -0.501 e. The maximum Gasteiger partial charge on any atom is 0.329 e. The zero-order chi connectivity index (χ0) is 9.26. The summed E-state index contributed by atoms with van der Waals surface area (Å²) in [4.78, 5) is 0. The summed E-state index contributed by atoms with van der Waals surface area (Å²) in [5.41, 5.74) is 0.642. The third-order valence-corrected chi connectivity index (χ3v) is 1.81. The monoisotopic (exact) mass is 178 g/mol. The smallest absolute Gasteiger partial charge is 0.329 e. The van der Waals surface area contributed by atoms with E-state index in [9.17, 15) is 5.11 Å². The molecule has 2 aromatic rings. The van der Waals surface area contributed by atoms with E-state index in [0.717, 1.165) is 0 Å². The van der Waals surface area contributed by atoms with E-state index in [-0.39, 0.29) is 11.7 Å². The molecule has 2 rings (SSSR count). The molecule has 0 bridgehead atoms. The van der Waals surface area contributed by atoms with Crippen molar-refractivity contribution in [1.29, 1.82) is 0 Å². The second-order valence-electron chi connectivity index (χ2n) is 2.67. The van der Waals surface area contributed by atoms with Gasteiger partial charge in [-0.05, 0) is 19.1 Å². The largest absolute Gasteiger partial charge is 0.501 e. The van der Waals surface area contributed by atoms with E-state index >= 15 is 0 Å². The Hall–Kier alpha value is -1.64. The van der Waals surface area contributed by atoms with Crippen LogP contribution in [0.5, 0.6) is 11.7 Å². The van der Waals surface area contributed by atoms with Crippen molar-refractivity contribution in [3.05, 3.63) is 24.3 Å². The fourth-order valence-corrected chi connectivity index (χ4v) is 1.24. The molecule has 0 saturated heterocycles. The Bertz CT molecular complexity index is 417. The van der Waals surface area contributed by atoms with Crippen LogP contribution >= 0.6 is 0 Å². The van der Waals surface area contributed by atoms with E-state index < -0.39 is 0 Å². The third kappa shape index (κ3) is 1.22. The minimum atomic E-state index is 0.0810. The first-order valence-electron chi connectivity index (χ1n) is 4.16. The molecule has 68 valence electrons. The second-order valence-corrected chi connectivity index (χ2v) is 2.67. The third-order valence-electron chi connectivity index (χ3n) is 1.81. The molecule has 1 aromatic heterocycles. The van der Waals surface area contributed by atoms with Crippen molar-refractivity contribution in [2.24, 2.45) is 0 Å². The van der Waals surface area contributed by atoms with Crippen LogP contribution in [-0.2, 0) is 0 Å². The Balaban J connectivity index is 2.60. The number of aromatic hydroxyl groups is 1. The lowest BCUT2D eigenvalue weighted by Crippen LogP contribution is -1.88. The number of ether oxygens (including phenoxy) is 1. The minimum absolute atomic E-state index is 0.0810. The molecule has 1 aromatic carbocycles. The average molecular weight is 178 g/mol. The predicted molar refractivity (Wildman–Crippen MR) is 49.0 cm³/mol. The van der Waals surface area contributed by atoms with E-state index in [1.165, 1.54) is 0 Å². The van der Waals surface area contributed by atoms with Gasteiger partial charge < -0.3 is 14.3 Å². The number of hydrogen-bond donors (Lipinski definition) is 1. The topological polar surface area (TPSA) is 42.6 Å². The first-order valence-corrected chi connectivity index (χ1v) is 4.16. The van der Waals surface area contributed by atoms with E-state index in [0.29, 0.717) is 17.6 Å². The molecule has 0 saturated carbocycles. The molecule has 0 atom stereocenters. The highest BCUT2D eigenvalue weighted by Crippen LogP contribution is 2.37. The zero-order valence-electron chi connectivity index (χ0n) is 7.28. The van der Waals surface area contributed by atoms with Crippen molar-refractivity contribution in [2.75, 3.05) is 6.61 Å². The van der Waals surface area contributed by atoms with Crippen LogP contribution in [0.15, 0.2) is 28.7 Å². The molecule has 3 heteroatoms. The first-order chi connectivity index (χ1) is 6.33. The fraction of sp³-hybridized carbons (Fsp3) is 0.200. The highest BCUT2D eigenvalue weighted by atomic mass is 16.6. The summed E-state index contributed by atoms with van der Waals surface area (Å²) in [7, 11) is 0. The van der Waals surface area contributed by atoms with Crippen molar-refractivity contribution in [1.82, 2.24) is 0 Å². The molecule has 0 aliphatic rings. The average Bonchev–Trinajstić information content (AvgIpc) is 2.46. The summed E-state index contributed by atoms with van der Waals surface area (Å²) in [6, 6.07) is 7.27. The molecule has 0 radical (unpaired) electrons. The van der Waals surface area contributed by atoms with Crippen molar-refractivity contribution in [2.45, 2.75) is 6.92 Å². The van der Waals surface area contributed by atoms with Gasteiger partial charge in [-0.25, -0.2) is 0 Å². The number of rotatable bonds is 2.